The summed E-state index contributed by atoms with van der Waals surface area (Å²) >= 11 is 0. The summed E-state index contributed by atoms with van der Waals surface area (Å²) in [4.78, 5) is 0. The van der Waals surface area contributed by atoms with Gasteiger partial charge in [0.1, 0.15) is 0 Å². The lowest BCUT2D eigenvalue weighted by molar-refractivity contribution is 0.0547. The van der Waals surface area contributed by atoms with E-state index >= 15 is 0 Å². The van der Waals surface area contributed by atoms with Crippen LogP contribution in [0.2, 0.25) is 0 Å². The summed E-state index contributed by atoms with van der Waals surface area (Å²) in [6.07, 6.45) is 6.54. The molecular formula is C12H21N3O. The average molecular weight is 223 g/mol. The normalized spacial score (nSPS) is 21.2. The average Bonchev–Trinajstić information content (AvgIpc) is 2.78. The van der Waals surface area contributed by atoms with Crippen LogP contribution in [0.1, 0.15) is 25.3 Å². The molecular weight excluding hydrogens is 202 g/mol. The van der Waals surface area contributed by atoms with E-state index in [-0.39, 0.29) is 0 Å². The van der Waals surface area contributed by atoms with E-state index in [0.717, 1.165) is 32.8 Å². The Kier molecular flexibility index (Phi) is 4.36. The van der Waals surface area contributed by atoms with Gasteiger partial charge in [0, 0.05) is 38.0 Å². The van der Waals surface area contributed by atoms with Gasteiger partial charge >= 0.3 is 0 Å². The molecule has 0 radical (unpaired) electrons. The molecule has 2 heterocycles. The lowest BCUT2D eigenvalue weighted by Crippen LogP contribution is -2.28. The van der Waals surface area contributed by atoms with Crippen molar-refractivity contribution >= 4 is 0 Å². The largest absolute Gasteiger partial charge is 0.381 e. The summed E-state index contributed by atoms with van der Waals surface area (Å²) in [5.74, 6) is 0.690. The standard InChI is InChI=1S/C12H21N3O/c1-2-15-9-12(8-14-15)7-13-6-11-4-3-5-16-10-11/h8-9,11,13H,2-7,10H2,1H3. The van der Waals surface area contributed by atoms with Crippen molar-refractivity contribution in [2.24, 2.45) is 5.92 Å². The maximum Gasteiger partial charge on any atom is 0.0534 e. The lowest BCUT2D eigenvalue weighted by Gasteiger charge is -2.22. The van der Waals surface area contributed by atoms with Gasteiger partial charge in [-0.05, 0) is 25.7 Å². The second-order valence-electron chi connectivity index (χ2n) is 4.42. The third-order valence-corrected chi connectivity index (χ3v) is 3.03. The SMILES string of the molecule is CCn1cc(CNCC2CCCOC2)cn1. The van der Waals surface area contributed by atoms with E-state index < -0.39 is 0 Å². The van der Waals surface area contributed by atoms with Crippen molar-refractivity contribution in [1.29, 1.82) is 0 Å². The third-order valence-electron chi connectivity index (χ3n) is 3.03. The maximum absolute atomic E-state index is 5.45. The molecule has 4 heteroatoms. The van der Waals surface area contributed by atoms with Crippen LogP contribution in [0, 0.1) is 5.92 Å². The fourth-order valence-electron chi connectivity index (χ4n) is 2.06. The molecule has 90 valence electrons. The fraction of sp³-hybridized carbons (Fsp3) is 0.750. The number of nitrogens with one attached hydrogen (secondary N) is 1. The molecule has 1 fully saturated rings. The second-order valence-corrected chi connectivity index (χ2v) is 4.42. The molecule has 1 unspecified atom stereocenters. The predicted octanol–water partition coefficient (Wildman–Crippen LogP) is 1.42. The summed E-state index contributed by atoms with van der Waals surface area (Å²) < 4.78 is 7.41. The predicted molar refractivity (Wildman–Crippen MR) is 63.2 cm³/mol. The first kappa shape index (κ1) is 11.6. The minimum atomic E-state index is 0.690. The molecule has 0 aliphatic carbocycles. The van der Waals surface area contributed by atoms with Gasteiger partial charge in [0.15, 0.2) is 0 Å². The Hall–Kier alpha value is -0.870. The zero-order valence-corrected chi connectivity index (χ0v) is 9.98. The number of aromatic nitrogens is 2. The van der Waals surface area contributed by atoms with Crippen LogP contribution < -0.4 is 5.32 Å². The van der Waals surface area contributed by atoms with Gasteiger partial charge in [-0.2, -0.15) is 5.10 Å². The van der Waals surface area contributed by atoms with Crippen LogP contribution in [0.5, 0.6) is 0 Å². The molecule has 2 rings (SSSR count). The van der Waals surface area contributed by atoms with Crippen LogP contribution in [0.25, 0.3) is 0 Å². The Balaban J connectivity index is 1.66. The highest BCUT2D eigenvalue weighted by Crippen LogP contribution is 2.12. The summed E-state index contributed by atoms with van der Waals surface area (Å²) in [6.45, 7) is 6.87. The zero-order valence-electron chi connectivity index (χ0n) is 9.98. The van der Waals surface area contributed by atoms with Gasteiger partial charge in [0.25, 0.3) is 0 Å². The van der Waals surface area contributed by atoms with E-state index in [1.54, 1.807) is 0 Å². The van der Waals surface area contributed by atoms with Gasteiger partial charge in [-0.3, -0.25) is 4.68 Å². The van der Waals surface area contributed by atoms with Gasteiger partial charge in [-0.1, -0.05) is 0 Å². The van der Waals surface area contributed by atoms with Gasteiger partial charge in [0.05, 0.1) is 12.8 Å². The van der Waals surface area contributed by atoms with Crippen LogP contribution in [0.4, 0.5) is 0 Å². The molecule has 1 aromatic heterocycles. The van der Waals surface area contributed by atoms with Gasteiger partial charge in [-0.15, -0.1) is 0 Å². The van der Waals surface area contributed by atoms with Crippen LogP contribution in [-0.4, -0.2) is 29.5 Å². The van der Waals surface area contributed by atoms with Crippen molar-refractivity contribution in [1.82, 2.24) is 15.1 Å². The lowest BCUT2D eigenvalue weighted by atomic mass is 10.0. The van der Waals surface area contributed by atoms with Crippen molar-refractivity contribution in [3.63, 3.8) is 0 Å². The van der Waals surface area contributed by atoms with Crippen molar-refractivity contribution in [2.75, 3.05) is 19.8 Å². The van der Waals surface area contributed by atoms with Crippen LogP contribution in [0.15, 0.2) is 12.4 Å². The monoisotopic (exact) mass is 223 g/mol. The number of aryl methyl sites for hydroxylation is 1. The highest BCUT2D eigenvalue weighted by atomic mass is 16.5. The molecule has 0 bridgehead atoms. The summed E-state index contributed by atoms with van der Waals surface area (Å²) in [7, 11) is 0. The Morgan fingerprint density at radius 1 is 1.62 bits per heavy atom. The van der Waals surface area contributed by atoms with Crippen LogP contribution >= 0.6 is 0 Å². The molecule has 0 aromatic carbocycles. The Bertz CT molecular complexity index is 305. The Morgan fingerprint density at radius 2 is 2.56 bits per heavy atom. The van der Waals surface area contributed by atoms with Gasteiger partial charge in [0.2, 0.25) is 0 Å². The molecule has 0 amide bonds. The quantitative estimate of drug-likeness (QED) is 0.820. The minimum Gasteiger partial charge on any atom is -0.381 e. The molecule has 0 spiro atoms. The first-order chi connectivity index (χ1) is 7.88. The Morgan fingerprint density at radius 3 is 3.25 bits per heavy atom. The number of rotatable bonds is 5. The van der Waals surface area contributed by atoms with E-state index in [1.807, 2.05) is 10.9 Å². The van der Waals surface area contributed by atoms with Crippen LogP contribution in [-0.2, 0) is 17.8 Å². The third kappa shape index (κ3) is 3.32. The van der Waals surface area contributed by atoms with Crippen LogP contribution in [0.3, 0.4) is 0 Å². The highest BCUT2D eigenvalue weighted by molar-refractivity contribution is 5.03. The van der Waals surface area contributed by atoms with Crippen molar-refractivity contribution < 1.29 is 4.74 Å². The van der Waals surface area contributed by atoms with E-state index in [0.29, 0.717) is 5.92 Å². The Labute approximate surface area is 97.0 Å². The first-order valence-corrected chi connectivity index (χ1v) is 6.18. The van der Waals surface area contributed by atoms with E-state index in [4.69, 9.17) is 4.74 Å². The minimum absolute atomic E-state index is 0.690. The van der Waals surface area contributed by atoms with Crippen molar-refractivity contribution in [3.05, 3.63) is 18.0 Å². The molecule has 1 N–H and O–H groups in total. The fourth-order valence-corrected chi connectivity index (χ4v) is 2.06. The molecule has 1 aromatic rings. The number of nitrogens with zero attached hydrogens (tertiary/aromatic N) is 2. The molecule has 1 atom stereocenters. The van der Waals surface area contributed by atoms with E-state index in [1.165, 1.54) is 18.4 Å². The van der Waals surface area contributed by atoms with E-state index in [9.17, 15) is 0 Å². The topological polar surface area (TPSA) is 39.1 Å². The summed E-state index contributed by atoms with van der Waals surface area (Å²) in [5, 5.41) is 7.73. The van der Waals surface area contributed by atoms with Gasteiger partial charge in [-0.25, -0.2) is 0 Å². The van der Waals surface area contributed by atoms with E-state index in [2.05, 4.69) is 23.5 Å². The smallest absolute Gasteiger partial charge is 0.0534 e. The molecule has 4 nitrogen and oxygen atoms in total. The second kappa shape index (κ2) is 6.01. The highest BCUT2D eigenvalue weighted by Gasteiger charge is 2.12. The molecule has 1 saturated heterocycles. The van der Waals surface area contributed by atoms with Gasteiger partial charge < -0.3 is 10.1 Å². The number of hydrogen-bond donors (Lipinski definition) is 1. The summed E-state index contributed by atoms with van der Waals surface area (Å²) in [6, 6.07) is 0. The maximum atomic E-state index is 5.45. The summed E-state index contributed by atoms with van der Waals surface area (Å²) in [5.41, 5.74) is 1.26. The number of ether oxygens (including phenoxy) is 1. The first-order valence-electron chi connectivity index (χ1n) is 6.18. The van der Waals surface area contributed by atoms with Crippen molar-refractivity contribution in [3.8, 4) is 0 Å². The molecule has 1 aliphatic rings. The zero-order chi connectivity index (χ0) is 11.2. The van der Waals surface area contributed by atoms with Crippen molar-refractivity contribution in [2.45, 2.75) is 32.9 Å². The molecule has 0 saturated carbocycles. The molecule has 1 aliphatic heterocycles. The number of hydrogen-bond acceptors (Lipinski definition) is 3. The molecule has 16 heavy (non-hydrogen) atoms.